The first-order valence-corrected chi connectivity index (χ1v) is 7.97. The van der Waals surface area contributed by atoms with E-state index in [1.54, 1.807) is 12.1 Å². The lowest BCUT2D eigenvalue weighted by Crippen LogP contribution is -2.21. The standard InChI is InChI=1S/C18H15Cl2NO2/c19-16-7-6-13(8-17(16)20)14-10-21(11-15(14)18(22)23)9-12-4-2-1-3-5-12/h1-8H,9-11H2,(H,22,23). The van der Waals surface area contributed by atoms with Gasteiger partial charge in [-0.2, -0.15) is 0 Å². The van der Waals surface area contributed by atoms with Gasteiger partial charge in [0.2, 0.25) is 0 Å². The fourth-order valence-corrected chi connectivity index (χ4v) is 3.09. The van der Waals surface area contributed by atoms with Gasteiger partial charge in [0.1, 0.15) is 0 Å². The summed E-state index contributed by atoms with van der Waals surface area (Å²) in [6.07, 6.45) is 0. The third-order valence-corrected chi connectivity index (χ3v) is 4.64. The van der Waals surface area contributed by atoms with Crippen molar-refractivity contribution in [1.29, 1.82) is 0 Å². The minimum atomic E-state index is -0.887. The van der Waals surface area contributed by atoms with Crippen molar-refractivity contribution in [3.63, 3.8) is 0 Å². The van der Waals surface area contributed by atoms with Gasteiger partial charge in [-0.05, 0) is 28.8 Å². The molecule has 0 bridgehead atoms. The zero-order chi connectivity index (χ0) is 16.4. The molecule has 5 heteroatoms. The number of carboxylic acids is 1. The number of hydrogen-bond donors (Lipinski definition) is 1. The van der Waals surface area contributed by atoms with Crippen LogP contribution in [-0.2, 0) is 11.3 Å². The molecule has 0 radical (unpaired) electrons. The lowest BCUT2D eigenvalue weighted by atomic mass is 10.0. The Morgan fingerprint density at radius 3 is 2.43 bits per heavy atom. The molecule has 23 heavy (non-hydrogen) atoms. The van der Waals surface area contributed by atoms with Crippen LogP contribution in [0.5, 0.6) is 0 Å². The third kappa shape index (κ3) is 3.58. The van der Waals surface area contributed by atoms with Crippen molar-refractivity contribution in [3.8, 4) is 0 Å². The van der Waals surface area contributed by atoms with E-state index in [1.807, 2.05) is 36.4 Å². The Hall–Kier alpha value is -1.81. The van der Waals surface area contributed by atoms with E-state index < -0.39 is 5.97 Å². The minimum Gasteiger partial charge on any atom is -0.478 e. The third-order valence-electron chi connectivity index (χ3n) is 3.90. The van der Waals surface area contributed by atoms with Crippen LogP contribution in [0.4, 0.5) is 0 Å². The number of carbonyl (C=O) groups is 1. The summed E-state index contributed by atoms with van der Waals surface area (Å²) >= 11 is 12.0. The number of nitrogens with zero attached hydrogens (tertiary/aromatic N) is 1. The quantitative estimate of drug-likeness (QED) is 0.893. The van der Waals surface area contributed by atoms with Gasteiger partial charge in [0, 0.05) is 19.6 Å². The van der Waals surface area contributed by atoms with Crippen molar-refractivity contribution in [2.24, 2.45) is 0 Å². The highest BCUT2D eigenvalue weighted by atomic mass is 35.5. The molecule has 2 aromatic carbocycles. The van der Waals surface area contributed by atoms with Crippen LogP contribution in [0.2, 0.25) is 10.0 Å². The Bertz CT molecular complexity index is 772. The molecule has 0 spiro atoms. The van der Waals surface area contributed by atoms with Crippen LogP contribution in [0.15, 0.2) is 54.1 Å². The van der Waals surface area contributed by atoms with Crippen LogP contribution in [0, 0.1) is 0 Å². The van der Waals surface area contributed by atoms with Crippen molar-refractivity contribution in [2.75, 3.05) is 13.1 Å². The SMILES string of the molecule is O=C(O)C1=C(c2ccc(Cl)c(Cl)c2)CN(Cc2ccccc2)C1. The zero-order valence-electron chi connectivity index (χ0n) is 12.3. The summed E-state index contributed by atoms with van der Waals surface area (Å²) in [5.74, 6) is -0.887. The smallest absolute Gasteiger partial charge is 0.333 e. The molecule has 1 aliphatic heterocycles. The molecule has 0 atom stereocenters. The molecule has 0 saturated carbocycles. The van der Waals surface area contributed by atoms with Crippen molar-refractivity contribution in [1.82, 2.24) is 4.90 Å². The van der Waals surface area contributed by atoms with E-state index in [-0.39, 0.29) is 0 Å². The second-order valence-corrected chi connectivity index (χ2v) is 6.34. The number of carboxylic acid groups (broad SMARTS) is 1. The molecule has 1 aliphatic rings. The van der Waals surface area contributed by atoms with Crippen LogP contribution in [-0.4, -0.2) is 29.1 Å². The van der Waals surface area contributed by atoms with Gasteiger partial charge in [-0.25, -0.2) is 4.79 Å². The number of benzene rings is 2. The Morgan fingerprint density at radius 2 is 1.78 bits per heavy atom. The molecule has 3 nitrogen and oxygen atoms in total. The summed E-state index contributed by atoms with van der Waals surface area (Å²) in [6.45, 7) is 1.71. The van der Waals surface area contributed by atoms with Gasteiger partial charge in [-0.3, -0.25) is 4.90 Å². The number of aliphatic carboxylic acids is 1. The highest BCUT2D eigenvalue weighted by Gasteiger charge is 2.27. The molecule has 1 heterocycles. The molecule has 1 N–H and O–H groups in total. The summed E-state index contributed by atoms with van der Waals surface area (Å²) in [4.78, 5) is 13.7. The lowest BCUT2D eigenvalue weighted by Gasteiger charge is -2.16. The van der Waals surface area contributed by atoms with Crippen molar-refractivity contribution in [3.05, 3.63) is 75.3 Å². The number of rotatable bonds is 4. The maximum atomic E-state index is 11.6. The largest absolute Gasteiger partial charge is 0.478 e. The van der Waals surface area contributed by atoms with E-state index in [0.717, 1.165) is 16.7 Å². The number of hydrogen-bond acceptors (Lipinski definition) is 2. The van der Waals surface area contributed by atoms with E-state index in [4.69, 9.17) is 23.2 Å². The monoisotopic (exact) mass is 347 g/mol. The van der Waals surface area contributed by atoms with E-state index in [1.165, 1.54) is 0 Å². The van der Waals surface area contributed by atoms with Crippen molar-refractivity contribution >= 4 is 34.7 Å². The van der Waals surface area contributed by atoms with E-state index in [9.17, 15) is 9.90 Å². The van der Waals surface area contributed by atoms with Crippen LogP contribution in [0.25, 0.3) is 5.57 Å². The lowest BCUT2D eigenvalue weighted by molar-refractivity contribution is -0.132. The topological polar surface area (TPSA) is 40.5 Å². The Kier molecular flexibility index (Phi) is 4.71. The molecule has 0 unspecified atom stereocenters. The van der Waals surface area contributed by atoms with Gasteiger partial charge in [0.25, 0.3) is 0 Å². The van der Waals surface area contributed by atoms with Gasteiger partial charge < -0.3 is 5.11 Å². The predicted octanol–water partition coefficient (Wildman–Crippen LogP) is 4.35. The van der Waals surface area contributed by atoms with Gasteiger partial charge in [0.15, 0.2) is 0 Å². The van der Waals surface area contributed by atoms with Gasteiger partial charge in [-0.15, -0.1) is 0 Å². The second-order valence-electron chi connectivity index (χ2n) is 5.52. The van der Waals surface area contributed by atoms with Gasteiger partial charge in [0.05, 0.1) is 15.6 Å². The Balaban J connectivity index is 1.86. The fraction of sp³-hybridized carbons (Fsp3) is 0.167. The van der Waals surface area contributed by atoms with Crippen LogP contribution in [0.1, 0.15) is 11.1 Å². The first-order valence-electron chi connectivity index (χ1n) is 7.21. The maximum absolute atomic E-state index is 11.6. The fourth-order valence-electron chi connectivity index (χ4n) is 2.79. The minimum absolute atomic E-state index is 0.416. The van der Waals surface area contributed by atoms with E-state index >= 15 is 0 Å². The van der Waals surface area contributed by atoms with Crippen LogP contribution in [0.3, 0.4) is 0 Å². The summed E-state index contributed by atoms with van der Waals surface area (Å²) in [5.41, 5.74) is 3.19. The zero-order valence-corrected chi connectivity index (χ0v) is 13.8. The summed E-state index contributed by atoms with van der Waals surface area (Å²) < 4.78 is 0. The molecule has 0 saturated heterocycles. The Labute approximate surface area is 144 Å². The van der Waals surface area contributed by atoms with E-state index in [2.05, 4.69) is 4.90 Å². The molecule has 0 amide bonds. The maximum Gasteiger partial charge on any atom is 0.333 e. The Morgan fingerprint density at radius 1 is 1.04 bits per heavy atom. The molecule has 0 aliphatic carbocycles. The molecular formula is C18H15Cl2NO2. The normalized spacial score (nSPS) is 15.2. The summed E-state index contributed by atoms with van der Waals surface area (Å²) in [7, 11) is 0. The van der Waals surface area contributed by atoms with Crippen LogP contribution < -0.4 is 0 Å². The van der Waals surface area contributed by atoms with Crippen molar-refractivity contribution in [2.45, 2.75) is 6.54 Å². The molecular weight excluding hydrogens is 333 g/mol. The molecule has 118 valence electrons. The summed E-state index contributed by atoms with van der Waals surface area (Å²) in [6, 6.07) is 15.3. The molecule has 0 fully saturated rings. The highest BCUT2D eigenvalue weighted by Crippen LogP contribution is 2.32. The first-order chi connectivity index (χ1) is 11.0. The van der Waals surface area contributed by atoms with E-state index in [0.29, 0.717) is 35.3 Å². The molecule has 3 rings (SSSR count). The van der Waals surface area contributed by atoms with Gasteiger partial charge in [-0.1, -0.05) is 59.6 Å². The molecule has 2 aromatic rings. The van der Waals surface area contributed by atoms with Crippen LogP contribution >= 0.6 is 23.2 Å². The highest BCUT2D eigenvalue weighted by molar-refractivity contribution is 6.42. The molecule has 0 aromatic heterocycles. The number of halogens is 2. The average Bonchev–Trinajstić information content (AvgIpc) is 2.95. The second kappa shape index (κ2) is 6.75. The van der Waals surface area contributed by atoms with Gasteiger partial charge >= 0.3 is 5.97 Å². The average molecular weight is 348 g/mol. The first kappa shape index (κ1) is 16.1. The summed E-state index contributed by atoms with van der Waals surface area (Å²) in [5, 5.41) is 10.4. The predicted molar refractivity (Wildman–Crippen MR) is 92.7 cm³/mol. The van der Waals surface area contributed by atoms with Crippen molar-refractivity contribution < 1.29 is 9.90 Å².